The number of nitrogens with zero attached hydrogens (tertiary/aromatic N) is 2. The fourth-order valence-corrected chi connectivity index (χ4v) is 8.03. The van der Waals surface area contributed by atoms with Gasteiger partial charge in [0, 0.05) is 28.2 Å². The van der Waals surface area contributed by atoms with Crippen molar-refractivity contribution in [2.45, 2.75) is 78.2 Å². The molecule has 0 bridgehead atoms. The fourth-order valence-electron chi connectivity index (χ4n) is 6.01. The molecule has 1 saturated heterocycles. The summed E-state index contributed by atoms with van der Waals surface area (Å²) in [6, 6.07) is 9.40. The summed E-state index contributed by atoms with van der Waals surface area (Å²) >= 11 is 6.24. The highest BCUT2D eigenvalue weighted by molar-refractivity contribution is 7.92. The predicted octanol–water partition coefficient (Wildman–Crippen LogP) is 6.31. The first-order valence-electron chi connectivity index (χ1n) is 13.0. The normalized spacial score (nSPS) is 19.7. The van der Waals surface area contributed by atoms with Gasteiger partial charge in [-0.1, -0.05) is 30.2 Å². The number of carbonyl (C=O) groups is 1. The highest BCUT2D eigenvalue weighted by atomic mass is 35.5. The van der Waals surface area contributed by atoms with E-state index in [2.05, 4.69) is 17.6 Å². The van der Waals surface area contributed by atoms with Gasteiger partial charge in [-0.05, 0) is 82.3 Å². The summed E-state index contributed by atoms with van der Waals surface area (Å²) in [5, 5.41) is 1.48. The van der Waals surface area contributed by atoms with E-state index in [1.807, 2.05) is 52.0 Å². The Labute approximate surface area is 229 Å². The molecule has 2 aromatic carbocycles. The van der Waals surface area contributed by atoms with E-state index in [4.69, 9.17) is 21.1 Å². The first-order chi connectivity index (χ1) is 17.8. The average molecular weight is 559 g/mol. The Kier molecular flexibility index (Phi) is 6.81. The number of rotatable bonds is 4. The molecule has 0 unspecified atom stereocenters. The number of aryl methyl sites for hydroxylation is 1. The van der Waals surface area contributed by atoms with Crippen LogP contribution in [-0.2, 0) is 30.8 Å². The van der Waals surface area contributed by atoms with E-state index in [1.54, 1.807) is 4.31 Å². The van der Waals surface area contributed by atoms with Crippen molar-refractivity contribution in [1.29, 1.82) is 0 Å². The first kappa shape index (κ1) is 27.0. The third-order valence-corrected chi connectivity index (χ3v) is 9.68. The zero-order chi connectivity index (χ0) is 27.6. The van der Waals surface area contributed by atoms with E-state index in [0.717, 1.165) is 40.6 Å². The predicted molar refractivity (Wildman–Crippen MR) is 151 cm³/mol. The Balaban J connectivity index is 1.95. The molecule has 0 aliphatic carbocycles. The van der Waals surface area contributed by atoms with Crippen LogP contribution >= 0.6 is 11.6 Å². The molecule has 0 N–H and O–H groups in total. The maximum Gasteiger partial charge on any atom is 0.339 e. The minimum Gasteiger partial charge on any atom is -0.467 e. The molecule has 3 aromatic rings. The zero-order valence-corrected chi connectivity index (χ0v) is 24.4. The van der Waals surface area contributed by atoms with Gasteiger partial charge in [-0.2, -0.15) is 0 Å². The van der Waals surface area contributed by atoms with Crippen LogP contribution in [0.2, 0.25) is 5.02 Å². The molecule has 204 valence electrons. The molecule has 7 nitrogen and oxygen atoms in total. The van der Waals surface area contributed by atoms with Crippen LogP contribution in [0, 0.1) is 13.8 Å². The first-order valence-corrected chi connectivity index (χ1v) is 15.0. The third kappa shape index (κ3) is 4.50. The van der Waals surface area contributed by atoms with Gasteiger partial charge in [0.1, 0.15) is 0 Å². The van der Waals surface area contributed by atoms with E-state index >= 15 is 0 Å². The summed E-state index contributed by atoms with van der Waals surface area (Å²) in [5.41, 5.74) is 4.90. The van der Waals surface area contributed by atoms with Gasteiger partial charge in [-0.3, -0.25) is 4.31 Å². The van der Waals surface area contributed by atoms with Crippen LogP contribution in [-0.4, -0.2) is 43.5 Å². The Morgan fingerprint density at radius 2 is 1.82 bits per heavy atom. The van der Waals surface area contributed by atoms with Gasteiger partial charge >= 0.3 is 5.97 Å². The molecule has 2 aliphatic rings. The van der Waals surface area contributed by atoms with Gasteiger partial charge < -0.3 is 14.0 Å². The molecule has 1 aromatic heterocycles. The second kappa shape index (κ2) is 9.57. The lowest BCUT2D eigenvalue weighted by atomic mass is 9.87. The molecule has 0 spiro atoms. The minimum atomic E-state index is -3.56. The number of hydrogen-bond donors (Lipinski definition) is 0. The number of hydrogen-bond acceptors (Lipinski definition) is 5. The number of benzene rings is 2. The number of fused-ring (bicyclic) bond motifs is 2. The molecule has 5 rings (SSSR count). The lowest BCUT2D eigenvalue weighted by molar-refractivity contribution is -0.164. The number of ether oxygens (including phenoxy) is 2. The van der Waals surface area contributed by atoms with Crippen LogP contribution in [0.25, 0.3) is 22.0 Å². The molecule has 0 saturated carbocycles. The quantitative estimate of drug-likeness (QED) is 0.351. The van der Waals surface area contributed by atoms with Crippen molar-refractivity contribution in [3.05, 3.63) is 52.2 Å². The van der Waals surface area contributed by atoms with E-state index in [0.29, 0.717) is 34.8 Å². The summed E-state index contributed by atoms with van der Waals surface area (Å²) < 4.78 is 43.0. The van der Waals surface area contributed by atoms with Gasteiger partial charge in [0.25, 0.3) is 0 Å². The lowest BCUT2D eigenvalue weighted by Gasteiger charge is -2.39. The van der Waals surface area contributed by atoms with Crippen LogP contribution in [0.1, 0.15) is 63.0 Å². The van der Waals surface area contributed by atoms with E-state index in [9.17, 15) is 13.2 Å². The summed E-state index contributed by atoms with van der Waals surface area (Å²) in [6.07, 6.45) is 1.21. The molecule has 2 aliphatic heterocycles. The van der Waals surface area contributed by atoms with E-state index < -0.39 is 27.7 Å². The Morgan fingerprint density at radius 3 is 2.45 bits per heavy atom. The number of anilines is 1. The highest BCUT2D eigenvalue weighted by Crippen LogP contribution is 2.50. The van der Waals surface area contributed by atoms with E-state index in [1.165, 1.54) is 7.11 Å². The largest absolute Gasteiger partial charge is 0.467 e. The number of methoxy groups -OCH3 is 1. The maximum atomic E-state index is 13.7. The van der Waals surface area contributed by atoms with Crippen molar-refractivity contribution < 1.29 is 22.7 Å². The van der Waals surface area contributed by atoms with Crippen LogP contribution in [0.3, 0.4) is 0 Å². The van der Waals surface area contributed by atoms with Crippen molar-refractivity contribution in [2.75, 3.05) is 17.2 Å². The molecular weight excluding hydrogens is 524 g/mol. The van der Waals surface area contributed by atoms with Crippen LogP contribution in [0.5, 0.6) is 0 Å². The number of aromatic nitrogens is 1. The Morgan fingerprint density at radius 1 is 1.13 bits per heavy atom. The highest BCUT2D eigenvalue weighted by Gasteiger charge is 2.42. The summed E-state index contributed by atoms with van der Waals surface area (Å²) in [4.78, 5) is 13.4. The van der Waals surface area contributed by atoms with Crippen LogP contribution in [0.4, 0.5) is 5.69 Å². The van der Waals surface area contributed by atoms with Gasteiger partial charge in [-0.25, -0.2) is 13.2 Å². The smallest absolute Gasteiger partial charge is 0.339 e. The summed E-state index contributed by atoms with van der Waals surface area (Å²) in [7, 11) is -2.22. The SMILES string of the molecule is COC(=O)[C@@H](OC(C)(C)C)c1c(C)c2c3c(cc(C)n3C[C@@H]3CCCCS(=O)(=O)N23)c1-c1ccc(Cl)cc1. The minimum absolute atomic E-state index is 0.108. The van der Waals surface area contributed by atoms with Gasteiger partial charge in [0.15, 0.2) is 6.10 Å². The maximum absolute atomic E-state index is 13.7. The zero-order valence-electron chi connectivity index (χ0n) is 22.8. The lowest BCUT2D eigenvalue weighted by Crippen LogP contribution is -2.46. The number of halogens is 1. The molecule has 3 heterocycles. The van der Waals surface area contributed by atoms with Crippen LogP contribution in [0.15, 0.2) is 30.3 Å². The molecular formula is C29H35ClN2O5S. The van der Waals surface area contributed by atoms with Gasteiger partial charge in [0.2, 0.25) is 10.0 Å². The fraction of sp³-hybridized carbons (Fsp3) is 0.483. The summed E-state index contributed by atoms with van der Waals surface area (Å²) in [6.45, 7) is 10.2. The standard InChI is InChI=1S/C29H35ClN2O5S/c1-17-15-22-24(19-10-12-20(30)13-11-19)23(27(28(33)36-6)37-29(3,4)5)18(2)25-26(22)31(17)16-21-9-7-8-14-38(34,35)32(21)25/h10-13,15,21,27H,7-9,14,16H2,1-6H3/t21-,27-/m0/s1. The Bertz CT molecular complexity index is 1520. The second-order valence-corrected chi connectivity index (χ2v) is 13.7. The molecule has 0 amide bonds. The number of carbonyl (C=O) groups excluding carboxylic acids is 1. The molecule has 2 atom stereocenters. The van der Waals surface area contributed by atoms with Crippen molar-refractivity contribution in [1.82, 2.24) is 4.57 Å². The third-order valence-electron chi connectivity index (χ3n) is 7.54. The second-order valence-electron chi connectivity index (χ2n) is 11.3. The van der Waals surface area contributed by atoms with Gasteiger partial charge in [-0.15, -0.1) is 0 Å². The number of sulfonamides is 1. The van der Waals surface area contributed by atoms with E-state index in [-0.39, 0.29) is 11.8 Å². The van der Waals surface area contributed by atoms with Crippen LogP contribution < -0.4 is 4.31 Å². The van der Waals surface area contributed by atoms with Crippen molar-refractivity contribution in [3.8, 4) is 11.1 Å². The monoisotopic (exact) mass is 558 g/mol. The molecule has 1 fully saturated rings. The Hall–Kier alpha value is -2.55. The molecule has 38 heavy (non-hydrogen) atoms. The molecule has 9 heteroatoms. The molecule has 0 radical (unpaired) electrons. The topological polar surface area (TPSA) is 77.8 Å². The summed E-state index contributed by atoms with van der Waals surface area (Å²) in [5.74, 6) is -0.427. The number of esters is 1. The average Bonchev–Trinajstić information content (AvgIpc) is 3.08. The van der Waals surface area contributed by atoms with Crippen molar-refractivity contribution >= 4 is 44.2 Å². The van der Waals surface area contributed by atoms with Crippen molar-refractivity contribution in [2.24, 2.45) is 0 Å². The van der Waals surface area contributed by atoms with Gasteiger partial charge in [0.05, 0.1) is 35.7 Å². The van der Waals surface area contributed by atoms with Crippen molar-refractivity contribution in [3.63, 3.8) is 0 Å².